The van der Waals surface area contributed by atoms with Crippen molar-refractivity contribution < 1.29 is 4.74 Å². The van der Waals surface area contributed by atoms with Crippen LogP contribution in [-0.4, -0.2) is 4.98 Å². The van der Waals surface area contributed by atoms with Crippen LogP contribution in [0.25, 0.3) is 20.8 Å². The molecular formula is C20H11Br2Cl2NOS. The van der Waals surface area contributed by atoms with Gasteiger partial charge < -0.3 is 4.74 Å². The Morgan fingerprint density at radius 2 is 1.70 bits per heavy atom. The van der Waals surface area contributed by atoms with Gasteiger partial charge in [0.2, 0.25) is 0 Å². The molecule has 0 spiro atoms. The molecule has 0 N–H and O–H groups in total. The van der Waals surface area contributed by atoms with Gasteiger partial charge in [0.1, 0.15) is 17.4 Å². The molecule has 3 aromatic carbocycles. The first-order chi connectivity index (χ1) is 13.0. The second kappa shape index (κ2) is 8.10. The lowest BCUT2D eigenvalue weighted by Crippen LogP contribution is -1.98. The predicted octanol–water partition coefficient (Wildman–Crippen LogP) is 8.37. The summed E-state index contributed by atoms with van der Waals surface area (Å²) in [7, 11) is 0. The highest BCUT2D eigenvalue weighted by Gasteiger charge is 2.14. The van der Waals surface area contributed by atoms with Crippen molar-refractivity contribution in [1.82, 2.24) is 4.98 Å². The number of rotatable bonds is 4. The highest BCUT2D eigenvalue weighted by Crippen LogP contribution is 2.40. The summed E-state index contributed by atoms with van der Waals surface area (Å²) in [6.45, 7) is 0.341. The highest BCUT2D eigenvalue weighted by molar-refractivity contribution is 9.11. The number of hydrogen-bond donors (Lipinski definition) is 0. The molecule has 0 aliphatic carbocycles. The van der Waals surface area contributed by atoms with Crippen LogP contribution in [0.15, 0.2) is 63.5 Å². The average Bonchev–Trinajstić information content (AvgIpc) is 3.06. The first-order valence-corrected chi connectivity index (χ1v) is 11.1. The molecule has 1 aromatic heterocycles. The molecular weight excluding hydrogens is 533 g/mol. The van der Waals surface area contributed by atoms with Crippen molar-refractivity contribution in [2.45, 2.75) is 6.61 Å². The molecule has 0 bridgehead atoms. The number of halogens is 4. The summed E-state index contributed by atoms with van der Waals surface area (Å²) in [4.78, 5) is 4.71. The maximum atomic E-state index is 6.22. The highest BCUT2D eigenvalue weighted by atomic mass is 79.9. The van der Waals surface area contributed by atoms with Gasteiger partial charge in [0.05, 0.1) is 19.2 Å². The minimum atomic E-state index is 0.341. The largest absolute Gasteiger partial charge is 0.486 e. The summed E-state index contributed by atoms with van der Waals surface area (Å²) >= 11 is 21.1. The van der Waals surface area contributed by atoms with E-state index in [1.165, 1.54) is 0 Å². The van der Waals surface area contributed by atoms with Crippen LogP contribution in [0.5, 0.6) is 5.75 Å². The van der Waals surface area contributed by atoms with Crippen molar-refractivity contribution in [2.75, 3.05) is 0 Å². The van der Waals surface area contributed by atoms with E-state index in [-0.39, 0.29) is 0 Å². The molecule has 1 heterocycles. The summed E-state index contributed by atoms with van der Waals surface area (Å²) in [6.07, 6.45) is 0. The number of aromatic nitrogens is 1. The van der Waals surface area contributed by atoms with E-state index in [1.54, 1.807) is 23.5 Å². The molecule has 0 fully saturated rings. The number of para-hydroxylation sites is 1. The Balaban J connectivity index is 1.61. The fourth-order valence-electron chi connectivity index (χ4n) is 2.61. The smallest absolute Gasteiger partial charge is 0.148 e. The van der Waals surface area contributed by atoms with Crippen LogP contribution >= 0.6 is 66.4 Å². The Morgan fingerprint density at radius 1 is 0.963 bits per heavy atom. The van der Waals surface area contributed by atoms with Crippen LogP contribution in [0.3, 0.4) is 0 Å². The summed E-state index contributed by atoms with van der Waals surface area (Å²) < 4.78 is 8.84. The van der Waals surface area contributed by atoms with Gasteiger partial charge >= 0.3 is 0 Å². The Labute approximate surface area is 187 Å². The van der Waals surface area contributed by atoms with E-state index in [9.17, 15) is 0 Å². The van der Waals surface area contributed by atoms with Crippen molar-refractivity contribution in [3.63, 3.8) is 0 Å². The maximum Gasteiger partial charge on any atom is 0.148 e. The topological polar surface area (TPSA) is 22.1 Å². The quantitative estimate of drug-likeness (QED) is 0.258. The Morgan fingerprint density at radius 3 is 2.41 bits per heavy atom. The molecule has 2 nitrogen and oxygen atoms in total. The lowest BCUT2D eigenvalue weighted by molar-refractivity contribution is 0.302. The van der Waals surface area contributed by atoms with E-state index in [0.717, 1.165) is 35.3 Å². The molecule has 0 aliphatic rings. The summed E-state index contributed by atoms with van der Waals surface area (Å²) in [5.74, 6) is 0.714. The van der Waals surface area contributed by atoms with E-state index in [1.807, 2.05) is 36.4 Å². The van der Waals surface area contributed by atoms with E-state index in [4.69, 9.17) is 32.9 Å². The third-order valence-corrected chi connectivity index (χ3v) is 6.78. The van der Waals surface area contributed by atoms with Gasteiger partial charge in [-0.05, 0) is 68.3 Å². The monoisotopic (exact) mass is 541 g/mol. The summed E-state index contributed by atoms with van der Waals surface area (Å²) in [5, 5.41) is 2.15. The molecule has 0 unspecified atom stereocenters. The first-order valence-electron chi connectivity index (χ1n) is 7.93. The predicted molar refractivity (Wildman–Crippen MR) is 121 cm³/mol. The normalized spacial score (nSPS) is 11.1. The molecule has 0 saturated heterocycles. The number of benzene rings is 3. The lowest BCUT2D eigenvalue weighted by Gasteiger charge is -2.12. The maximum absolute atomic E-state index is 6.22. The molecule has 0 aliphatic heterocycles. The molecule has 0 amide bonds. The number of fused-ring (bicyclic) bond motifs is 1. The molecule has 136 valence electrons. The standard InChI is InChI=1S/C20H11Br2Cl2NOS/c21-14-7-12(20-25-17-3-1-2-4-18(17)27-20)8-15(22)19(14)26-10-11-5-6-13(23)9-16(11)24/h1-9H,10H2. The van der Waals surface area contributed by atoms with E-state index < -0.39 is 0 Å². The molecule has 0 radical (unpaired) electrons. The number of thiazole rings is 1. The molecule has 4 rings (SSSR count). The summed E-state index contributed by atoms with van der Waals surface area (Å²) in [6, 6.07) is 17.5. The van der Waals surface area contributed by atoms with Gasteiger partial charge in [-0.15, -0.1) is 11.3 Å². The van der Waals surface area contributed by atoms with E-state index in [2.05, 4.69) is 37.9 Å². The zero-order valence-corrected chi connectivity index (χ0v) is 19.2. The second-order valence-corrected chi connectivity index (χ2v) is 9.36. The third kappa shape index (κ3) is 4.17. The minimum absolute atomic E-state index is 0.341. The average molecular weight is 544 g/mol. The van der Waals surface area contributed by atoms with Gasteiger partial charge in [0, 0.05) is 21.2 Å². The van der Waals surface area contributed by atoms with Crippen molar-refractivity contribution in [1.29, 1.82) is 0 Å². The molecule has 7 heteroatoms. The van der Waals surface area contributed by atoms with Crippen molar-refractivity contribution in [2.24, 2.45) is 0 Å². The third-order valence-electron chi connectivity index (χ3n) is 3.93. The van der Waals surface area contributed by atoms with E-state index in [0.29, 0.717) is 22.4 Å². The number of ether oxygens (including phenoxy) is 1. The Kier molecular flexibility index (Phi) is 5.76. The van der Waals surface area contributed by atoms with Crippen molar-refractivity contribution in [3.8, 4) is 16.3 Å². The van der Waals surface area contributed by atoms with Crippen LogP contribution in [0.4, 0.5) is 0 Å². The molecule has 0 saturated carbocycles. The lowest BCUT2D eigenvalue weighted by atomic mass is 10.2. The molecule has 4 aromatic rings. The van der Waals surface area contributed by atoms with Crippen LogP contribution < -0.4 is 4.74 Å². The SMILES string of the molecule is Clc1ccc(COc2c(Br)cc(-c3nc4ccccc4s3)cc2Br)c(Cl)c1. The summed E-state index contributed by atoms with van der Waals surface area (Å²) in [5.41, 5.74) is 2.89. The van der Waals surface area contributed by atoms with Crippen molar-refractivity contribution >= 4 is 76.6 Å². The minimum Gasteiger partial charge on any atom is -0.486 e. The Bertz CT molecular complexity index is 1090. The molecule has 27 heavy (non-hydrogen) atoms. The Hall–Kier alpha value is -1.11. The fourth-order valence-corrected chi connectivity index (χ4v) is 5.44. The van der Waals surface area contributed by atoms with Crippen LogP contribution in [0.2, 0.25) is 10.0 Å². The second-order valence-electron chi connectivity index (χ2n) is 5.78. The number of hydrogen-bond acceptors (Lipinski definition) is 3. The van der Waals surface area contributed by atoms with Gasteiger partial charge in [-0.25, -0.2) is 4.98 Å². The zero-order chi connectivity index (χ0) is 19.0. The number of nitrogens with zero attached hydrogens (tertiary/aromatic N) is 1. The van der Waals surface area contributed by atoms with Crippen molar-refractivity contribution in [3.05, 3.63) is 79.2 Å². The van der Waals surface area contributed by atoms with Gasteiger partial charge in [-0.2, -0.15) is 0 Å². The fraction of sp³-hybridized carbons (Fsp3) is 0.0500. The zero-order valence-electron chi connectivity index (χ0n) is 13.7. The van der Waals surface area contributed by atoms with Crippen LogP contribution in [-0.2, 0) is 6.61 Å². The van der Waals surface area contributed by atoms with Gasteiger partial charge in [0.25, 0.3) is 0 Å². The first kappa shape index (κ1) is 19.2. The van der Waals surface area contributed by atoms with Gasteiger partial charge in [-0.3, -0.25) is 0 Å². The van der Waals surface area contributed by atoms with Crippen LogP contribution in [0, 0.1) is 0 Å². The van der Waals surface area contributed by atoms with E-state index >= 15 is 0 Å². The molecule has 0 atom stereocenters. The van der Waals surface area contributed by atoms with Gasteiger partial charge in [-0.1, -0.05) is 41.4 Å². The van der Waals surface area contributed by atoms with Gasteiger partial charge in [0.15, 0.2) is 0 Å². The van der Waals surface area contributed by atoms with Crippen LogP contribution in [0.1, 0.15) is 5.56 Å².